The van der Waals surface area contributed by atoms with Gasteiger partial charge >= 0.3 is 0 Å². The molecule has 0 saturated carbocycles. The number of carbonyl (C=O) groups is 1. The molecule has 1 heterocycles. The molecule has 1 amide bonds. The van der Waals surface area contributed by atoms with Gasteiger partial charge in [0.25, 0.3) is 11.6 Å². The Morgan fingerprint density at radius 2 is 1.83 bits per heavy atom. The van der Waals surface area contributed by atoms with Crippen LogP contribution in [0.5, 0.6) is 11.5 Å². The summed E-state index contributed by atoms with van der Waals surface area (Å²) in [6.07, 6.45) is 2.32. The molecule has 0 fully saturated rings. The van der Waals surface area contributed by atoms with Crippen LogP contribution >= 0.6 is 0 Å². The van der Waals surface area contributed by atoms with E-state index < -0.39 is 10.8 Å². The molecule has 0 aliphatic rings. The molecule has 0 unspecified atom stereocenters. The summed E-state index contributed by atoms with van der Waals surface area (Å²) in [4.78, 5) is 23.2. The zero-order valence-corrected chi connectivity index (χ0v) is 16.0. The predicted molar refractivity (Wildman–Crippen MR) is 106 cm³/mol. The largest absolute Gasteiger partial charge is 0.493 e. The molecule has 2 aromatic carbocycles. The quantitative estimate of drug-likeness (QED) is 0.463. The van der Waals surface area contributed by atoms with Crippen molar-refractivity contribution in [2.45, 2.75) is 6.42 Å². The number of methoxy groups -OCH3 is 2. The molecule has 0 bridgehead atoms. The first-order valence-electron chi connectivity index (χ1n) is 8.82. The zero-order chi connectivity index (χ0) is 20.8. The highest BCUT2D eigenvalue weighted by Crippen LogP contribution is 2.34. The number of para-hydroxylation sites is 1. The fraction of sp³-hybridized carbons (Fsp3) is 0.200. The Labute approximate surface area is 167 Å². The monoisotopic (exact) mass is 396 g/mol. The summed E-state index contributed by atoms with van der Waals surface area (Å²) in [6, 6.07) is 14.0. The highest BCUT2D eigenvalue weighted by Gasteiger charge is 2.24. The molecule has 29 heavy (non-hydrogen) atoms. The van der Waals surface area contributed by atoms with Gasteiger partial charge in [0.1, 0.15) is 5.56 Å². The molecular weight excluding hydrogens is 376 g/mol. The fourth-order valence-electron chi connectivity index (χ4n) is 2.82. The maximum atomic E-state index is 12.5. The molecule has 1 aromatic heterocycles. The number of hydrogen-bond donors (Lipinski definition) is 1. The lowest BCUT2D eigenvalue weighted by Crippen LogP contribution is -2.26. The number of hydrogen-bond acceptors (Lipinski definition) is 6. The van der Waals surface area contributed by atoms with E-state index in [1.54, 1.807) is 4.68 Å². The van der Waals surface area contributed by atoms with E-state index >= 15 is 0 Å². The molecule has 1 N–H and O–H groups in total. The van der Waals surface area contributed by atoms with Gasteiger partial charge < -0.3 is 14.8 Å². The predicted octanol–water partition coefficient (Wildman–Crippen LogP) is 2.77. The van der Waals surface area contributed by atoms with Crippen molar-refractivity contribution in [2.24, 2.45) is 0 Å². The summed E-state index contributed by atoms with van der Waals surface area (Å²) >= 11 is 0. The number of carbonyl (C=O) groups excluding carboxylic acids is 1. The third kappa shape index (κ3) is 4.52. The molecule has 9 heteroatoms. The van der Waals surface area contributed by atoms with Gasteiger partial charge in [0.15, 0.2) is 11.5 Å². The van der Waals surface area contributed by atoms with Crippen LogP contribution < -0.4 is 14.8 Å². The first-order valence-corrected chi connectivity index (χ1v) is 8.82. The Morgan fingerprint density at radius 3 is 2.48 bits per heavy atom. The van der Waals surface area contributed by atoms with E-state index in [0.29, 0.717) is 6.42 Å². The molecular formula is C20H20N4O5. The van der Waals surface area contributed by atoms with Crippen LogP contribution in [0.2, 0.25) is 0 Å². The van der Waals surface area contributed by atoms with E-state index in [2.05, 4.69) is 10.4 Å². The standard InChI is InChI=1S/C20H20N4O5/c1-28-18-12-16(17(24(26)27)13-19(18)29-2)20(25)21-10-8-14-9-11-23(22-14)15-6-4-3-5-7-15/h3-7,9,11-13H,8,10H2,1-2H3,(H,21,25). The van der Waals surface area contributed by atoms with Crippen molar-refractivity contribution in [3.63, 3.8) is 0 Å². The summed E-state index contributed by atoms with van der Waals surface area (Å²) in [5, 5.41) is 18.5. The molecule has 3 rings (SSSR count). The summed E-state index contributed by atoms with van der Waals surface area (Å²) in [5.41, 5.74) is 1.27. The first-order chi connectivity index (χ1) is 14.0. The normalized spacial score (nSPS) is 10.4. The Kier molecular flexibility index (Phi) is 6.08. The van der Waals surface area contributed by atoms with Crippen LogP contribution in [0.3, 0.4) is 0 Å². The Balaban J connectivity index is 1.68. The number of rotatable bonds is 8. The smallest absolute Gasteiger partial charge is 0.286 e. The van der Waals surface area contributed by atoms with Gasteiger partial charge in [-0.05, 0) is 18.2 Å². The van der Waals surface area contributed by atoms with Crippen molar-refractivity contribution in [2.75, 3.05) is 20.8 Å². The van der Waals surface area contributed by atoms with E-state index in [4.69, 9.17) is 9.47 Å². The minimum Gasteiger partial charge on any atom is -0.493 e. The number of ether oxygens (including phenoxy) is 2. The number of aromatic nitrogens is 2. The maximum absolute atomic E-state index is 12.5. The first kappa shape index (κ1) is 19.9. The molecule has 0 aliphatic carbocycles. The second-order valence-electron chi connectivity index (χ2n) is 6.07. The van der Waals surface area contributed by atoms with Crippen molar-refractivity contribution in [3.8, 4) is 17.2 Å². The van der Waals surface area contributed by atoms with Crippen LogP contribution in [0.25, 0.3) is 5.69 Å². The van der Waals surface area contributed by atoms with Gasteiger partial charge in [0.2, 0.25) is 0 Å². The van der Waals surface area contributed by atoms with Crippen LogP contribution in [0.4, 0.5) is 5.69 Å². The van der Waals surface area contributed by atoms with Crippen LogP contribution in [0.15, 0.2) is 54.7 Å². The highest BCUT2D eigenvalue weighted by molar-refractivity contribution is 5.99. The third-order valence-electron chi connectivity index (χ3n) is 4.27. The summed E-state index contributed by atoms with van der Waals surface area (Å²) in [5.74, 6) is -0.146. The Hall–Kier alpha value is -3.88. The van der Waals surface area contributed by atoms with Crippen LogP contribution in [0, 0.1) is 10.1 Å². The molecule has 0 spiro atoms. The van der Waals surface area contributed by atoms with Crippen LogP contribution in [-0.2, 0) is 6.42 Å². The van der Waals surface area contributed by atoms with E-state index in [1.165, 1.54) is 26.4 Å². The van der Waals surface area contributed by atoms with Crippen molar-refractivity contribution in [1.82, 2.24) is 15.1 Å². The molecule has 0 saturated heterocycles. The van der Waals surface area contributed by atoms with E-state index in [0.717, 1.165) is 11.4 Å². The van der Waals surface area contributed by atoms with Crippen molar-refractivity contribution in [3.05, 3.63) is 76.1 Å². The Bertz CT molecular complexity index is 1020. The topological polar surface area (TPSA) is 109 Å². The van der Waals surface area contributed by atoms with Gasteiger partial charge in [-0.15, -0.1) is 0 Å². The average molecular weight is 396 g/mol. The lowest BCUT2D eigenvalue weighted by Gasteiger charge is -2.10. The summed E-state index contributed by atoms with van der Waals surface area (Å²) in [7, 11) is 2.77. The second-order valence-corrected chi connectivity index (χ2v) is 6.07. The lowest BCUT2D eigenvalue weighted by molar-refractivity contribution is -0.385. The number of benzene rings is 2. The van der Waals surface area contributed by atoms with E-state index in [9.17, 15) is 14.9 Å². The average Bonchev–Trinajstić information content (AvgIpc) is 3.22. The second kappa shape index (κ2) is 8.87. The summed E-state index contributed by atoms with van der Waals surface area (Å²) in [6.45, 7) is 0.274. The van der Waals surface area contributed by atoms with Gasteiger partial charge in [0, 0.05) is 25.2 Å². The van der Waals surface area contributed by atoms with E-state index in [-0.39, 0.29) is 29.3 Å². The molecule has 0 radical (unpaired) electrons. The molecule has 150 valence electrons. The van der Waals surface area contributed by atoms with Gasteiger partial charge in [0.05, 0.1) is 36.6 Å². The van der Waals surface area contributed by atoms with Gasteiger partial charge in [-0.2, -0.15) is 5.10 Å². The SMILES string of the molecule is COc1cc(C(=O)NCCc2ccn(-c3ccccc3)n2)c([N+](=O)[O-])cc1OC. The molecule has 0 aliphatic heterocycles. The number of nitrogens with zero attached hydrogens (tertiary/aromatic N) is 3. The number of nitro groups is 1. The van der Waals surface area contributed by atoms with Gasteiger partial charge in [-0.1, -0.05) is 18.2 Å². The summed E-state index contributed by atoms with van der Waals surface area (Å²) < 4.78 is 12.0. The van der Waals surface area contributed by atoms with Gasteiger partial charge in [-0.25, -0.2) is 4.68 Å². The molecule has 9 nitrogen and oxygen atoms in total. The number of amides is 1. The number of nitrogens with one attached hydrogen (secondary N) is 1. The molecule has 0 atom stereocenters. The minimum absolute atomic E-state index is 0.0949. The van der Waals surface area contributed by atoms with Crippen molar-refractivity contribution >= 4 is 11.6 Å². The van der Waals surface area contributed by atoms with Crippen LogP contribution in [0.1, 0.15) is 16.1 Å². The molecule has 3 aromatic rings. The van der Waals surface area contributed by atoms with Crippen molar-refractivity contribution < 1.29 is 19.2 Å². The van der Waals surface area contributed by atoms with Crippen LogP contribution in [-0.4, -0.2) is 41.4 Å². The number of nitro benzene ring substituents is 1. The maximum Gasteiger partial charge on any atom is 0.286 e. The minimum atomic E-state index is -0.627. The zero-order valence-electron chi connectivity index (χ0n) is 16.0. The van der Waals surface area contributed by atoms with Crippen molar-refractivity contribution in [1.29, 1.82) is 0 Å². The Morgan fingerprint density at radius 1 is 1.14 bits per heavy atom. The fourth-order valence-corrected chi connectivity index (χ4v) is 2.82. The van der Waals surface area contributed by atoms with Gasteiger partial charge in [-0.3, -0.25) is 14.9 Å². The third-order valence-corrected chi connectivity index (χ3v) is 4.27. The highest BCUT2D eigenvalue weighted by atomic mass is 16.6. The lowest BCUT2D eigenvalue weighted by atomic mass is 10.1. The van der Waals surface area contributed by atoms with E-state index in [1.807, 2.05) is 42.6 Å².